The maximum absolute atomic E-state index is 6.55. The van der Waals surface area contributed by atoms with E-state index in [-0.39, 0.29) is 6.04 Å². The number of imidazole rings is 1. The highest BCUT2D eigenvalue weighted by molar-refractivity contribution is 5.79. The third kappa shape index (κ3) is 5.12. The molecular formula is C31H44N6. The predicted molar refractivity (Wildman–Crippen MR) is 156 cm³/mol. The number of hydrogen-bond acceptors (Lipinski definition) is 5. The van der Waals surface area contributed by atoms with Crippen molar-refractivity contribution in [1.29, 1.82) is 0 Å². The van der Waals surface area contributed by atoms with Crippen LogP contribution in [-0.2, 0) is 6.42 Å². The fraction of sp³-hybridized carbons (Fsp3) is 0.581. The van der Waals surface area contributed by atoms with Gasteiger partial charge in [0.2, 0.25) is 0 Å². The number of anilines is 2. The van der Waals surface area contributed by atoms with Crippen molar-refractivity contribution in [3.8, 4) is 0 Å². The Morgan fingerprint density at radius 3 is 2.57 bits per heavy atom. The van der Waals surface area contributed by atoms with Crippen LogP contribution in [0.25, 0.3) is 11.0 Å². The minimum Gasteiger partial charge on any atom is -0.397 e. The molecule has 1 saturated carbocycles. The molecule has 0 spiro atoms. The molecule has 2 aromatic carbocycles. The summed E-state index contributed by atoms with van der Waals surface area (Å²) in [5.41, 5.74) is 14.1. The molecule has 198 valence electrons. The Bertz CT molecular complexity index is 1270. The van der Waals surface area contributed by atoms with E-state index in [1.165, 1.54) is 61.8 Å². The zero-order valence-corrected chi connectivity index (χ0v) is 23.4. The van der Waals surface area contributed by atoms with Crippen LogP contribution in [0.1, 0.15) is 103 Å². The Hall–Kier alpha value is -2.89. The van der Waals surface area contributed by atoms with Crippen LogP contribution in [0.5, 0.6) is 0 Å². The quantitative estimate of drug-likeness (QED) is 0.260. The highest BCUT2D eigenvalue weighted by atomic mass is 15.3. The van der Waals surface area contributed by atoms with Crippen LogP contribution >= 0.6 is 0 Å². The molecule has 5 rings (SSSR count). The van der Waals surface area contributed by atoms with Crippen LogP contribution in [-0.4, -0.2) is 22.1 Å². The molecule has 1 aromatic heterocycles. The molecule has 0 bridgehead atoms. The van der Waals surface area contributed by atoms with Gasteiger partial charge in [0.25, 0.3) is 5.95 Å². The second kappa shape index (κ2) is 10.8. The second-order valence-electron chi connectivity index (χ2n) is 11.7. The summed E-state index contributed by atoms with van der Waals surface area (Å²) >= 11 is 0. The van der Waals surface area contributed by atoms with Gasteiger partial charge in [-0.25, -0.2) is 4.98 Å². The van der Waals surface area contributed by atoms with Crippen molar-refractivity contribution in [3.63, 3.8) is 0 Å². The van der Waals surface area contributed by atoms with E-state index in [4.69, 9.17) is 10.7 Å². The number of hydrogen-bond donors (Lipinski definition) is 1. The molecule has 2 heterocycles. The van der Waals surface area contributed by atoms with Crippen molar-refractivity contribution in [1.82, 2.24) is 9.55 Å². The highest BCUT2D eigenvalue weighted by Gasteiger charge is 2.29. The fourth-order valence-corrected chi connectivity index (χ4v) is 6.32. The summed E-state index contributed by atoms with van der Waals surface area (Å²) < 4.78 is 2.22. The van der Waals surface area contributed by atoms with Gasteiger partial charge in [-0.15, -0.1) is 10.2 Å². The van der Waals surface area contributed by atoms with Gasteiger partial charge in [-0.2, -0.15) is 0 Å². The average molecular weight is 501 g/mol. The fourth-order valence-electron chi connectivity index (χ4n) is 6.32. The molecule has 1 fully saturated rings. The lowest BCUT2D eigenvalue weighted by molar-refractivity contribution is 0.423. The monoisotopic (exact) mass is 500 g/mol. The van der Waals surface area contributed by atoms with Crippen LogP contribution in [0.2, 0.25) is 0 Å². The lowest BCUT2D eigenvalue weighted by Gasteiger charge is -2.41. The smallest absolute Gasteiger partial charge is 0.250 e. The van der Waals surface area contributed by atoms with Crippen LogP contribution in [0.4, 0.5) is 23.0 Å². The number of aromatic nitrogens is 2. The van der Waals surface area contributed by atoms with Gasteiger partial charge in [0.1, 0.15) is 5.69 Å². The molecule has 2 atom stereocenters. The van der Waals surface area contributed by atoms with E-state index in [0.29, 0.717) is 29.5 Å². The number of nitrogens with two attached hydrogens (primary N) is 1. The first kappa shape index (κ1) is 25.7. The Kier molecular flexibility index (Phi) is 7.55. The van der Waals surface area contributed by atoms with Crippen molar-refractivity contribution in [2.75, 3.05) is 17.2 Å². The molecular weight excluding hydrogens is 456 g/mol. The van der Waals surface area contributed by atoms with Gasteiger partial charge in [0, 0.05) is 24.3 Å². The van der Waals surface area contributed by atoms with E-state index in [0.717, 1.165) is 29.7 Å². The maximum atomic E-state index is 6.55. The van der Waals surface area contributed by atoms with E-state index >= 15 is 0 Å². The number of azo groups is 1. The van der Waals surface area contributed by atoms with E-state index in [1.54, 1.807) is 0 Å². The summed E-state index contributed by atoms with van der Waals surface area (Å²) in [5.74, 6) is 1.90. The number of nitrogens with zero attached hydrogens (tertiary/aromatic N) is 5. The standard InChI is InChI=1S/C31H44N6/c1-6-7-15-36-22(5)21(4)16-25-17-28(26(32)19-29(25)36)34-35-31-33-27-14-13-24(23-11-9-8-10-12-23)18-30(27)37(31)20(2)3/h13-14,17-23H,6-12,15-16,32H2,1-5H3. The maximum Gasteiger partial charge on any atom is 0.250 e. The van der Waals surface area contributed by atoms with Gasteiger partial charge in [-0.05, 0) is 93.7 Å². The van der Waals surface area contributed by atoms with E-state index in [2.05, 4.69) is 84.6 Å². The molecule has 0 saturated heterocycles. The largest absolute Gasteiger partial charge is 0.397 e. The third-order valence-electron chi connectivity index (χ3n) is 8.68. The molecule has 2 N–H and O–H groups in total. The summed E-state index contributed by atoms with van der Waals surface area (Å²) in [6.07, 6.45) is 10.0. The third-order valence-corrected chi connectivity index (χ3v) is 8.68. The molecule has 0 amide bonds. The van der Waals surface area contributed by atoms with Crippen LogP contribution in [0.15, 0.2) is 40.6 Å². The Morgan fingerprint density at radius 2 is 1.84 bits per heavy atom. The second-order valence-corrected chi connectivity index (χ2v) is 11.7. The zero-order valence-electron chi connectivity index (χ0n) is 23.4. The zero-order chi connectivity index (χ0) is 26.1. The molecule has 0 radical (unpaired) electrons. The molecule has 6 heteroatoms. The normalized spacial score (nSPS) is 20.9. The summed E-state index contributed by atoms with van der Waals surface area (Å²) in [4.78, 5) is 7.41. The predicted octanol–water partition coefficient (Wildman–Crippen LogP) is 8.85. The van der Waals surface area contributed by atoms with Gasteiger partial charge >= 0.3 is 0 Å². The van der Waals surface area contributed by atoms with Gasteiger partial charge in [-0.1, -0.05) is 45.6 Å². The molecule has 37 heavy (non-hydrogen) atoms. The van der Waals surface area contributed by atoms with Crippen LogP contribution < -0.4 is 10.6 Å². The van der Waals surface area contributed by atoms with Crippen molar-refractivity contribution in [2.24, 2.45) is 16.1 Å². The lowest BCUT2D eigenvalue weighted by atomic mass is 9.84. The highest BCUT2D eigenvalue weighted by Crippen LogP contribution is 2.40. The minimum absolute atomic E-state index is 0.232. The molecule has 2 unspecified atom stereocenters. The topological polar surface area (TPSA) is 71.8 Å². The average Bonchev–Trinajstić information content (AvgIpc) is 3.27. The van der Waals surface area contributed by atoms with E-state index in [9.17, 15) is 0 Å². The molecule has 3 aromatic rings. The summed E-state index contributed by atoms with van der Waals surface area (Å²) in [6.45, 7) is 12.4. The number of nitrogen functional groups attached to an aromatic ring is 1. The van der Waals surface area contributed by atoms with Gasteiger partial charge in [0.05, 0.1) is 16.7 Å². The van der Waals surface area contributed by atoms with Gasteiger partial charge in [0.15, 0.2) is 0 Å². The first-order valence-corrected chi connectivity index (χ1v) is 14.5. The number of fused-ring (bicyclic) bond motifs is 2. The van der Waals surface area contributed by atoms with Crippen molar-refractivity contribution in [2.45, 2.75) is 104 Å². The van der Waals surface area contributed by atoms with E-state index < -0.39 is 0 Å². The number of benzene rings is 2. The van der Waals surface area contributed by atoms with E-state index in [1.807, 2.05) is 0 Å². The first-order valence-electron chi connectivity index (χ1n) is 14.5. The van der Waals surface area contributed by atoms with Gasteiger partial charge < -0.3 is 15.2 Å². The van der Waals surface area contributed by atoms with Crippen molar-refractivity contribution >= 4 is 34.0 Å². The number of unbranched alkanes of at least 4 members (excludes halogenated alkanes) is 1. The molecule has 6 nitrogen and oxygen atoms in total. The molecule has 1 aliphatic heterocycles. The Balaban J connectivity index is 1.48. The first-order chi connectivity index (χ1) is 17.9. The summed E-state index contributed by atoms with van der Waals surface area (Å²) in [6, 6.07) is 11.8. The summed E-state index contributed by atoms with van der Waals surface area (Å²) in [5, 5.41) is 9.34. The Morgan fingerprint density at radius 1 is 1.05 bits per heavy atom. The molecule has 1 aliphatic carbocycles. The lowest BCUT2D eigenvalue weighted by Crippen LogP contribution is -2.43. The van der Waals surface area contributed by atoms with Crippen molar-refractivity contribution < 1.29 is 0 Å². The summed E-state index contributed by atoms with van der Waals surface area (Å²) in [7, 11) is 0. The SMILES string of the molecule is CCCCN1c2cc(N)c(N=Nc3nc4ccc(C5CCCCC5)cc4n3C(C)C)cc2CC(C)C1C. The molecule has 2 aliphatic rings. The minimum atomic E-state index is 0.232. The van der Waals surface area contributed by atoms with Gasteiger partial charge in [-0.3, -0.25) is 0 Å². The van der Waals surface area contributed by atoms with Crippen molar-refractivity contribution in [3.05, 3.63) is 41.5 Å². The van der Waals surface area contributed by atoms with Crippen LogP contribution in [0, 0.1) is 5.92 Å². The van der Waals surface area contributed by atoms with Crippen LogP contribution in [0.3, 0.4) is 0 Å². The Labute approximate surface area is 222 Å². The number of rotatable bonds is 7.